The summed E-state index contributed by atoms with van der Waals surface area (Å²) >= 11 is 0. The Labute approximate surface area is 101 Å². The van der Waals surface area contributed by atoms with Crippen LogP contribution in [0.4, 0.5) is 0 Å². The molecule has 0 N–H and O–H groups in total. The molecule has 1 aliphatic heterocycles. The molecule has 17 heavy (non-hydrogen) atoms. The van der Waals surface area contributed by atoms with Crippen LogP contribution < -0.4 is 0 Å². The van der Waals surface area contributed by atoms with Crippen molar-refractivity contribution in [2.45, 2.75) is 51.5 Å². The third-order valence-electron chi connectivity index (χ3n) is 3.31. The summed E-state index contributed by atoms with van der Waals surface area (Å²) in [7, 11) is 0. The van der Waals surface area contributed by atoms with Gasteiger partial charge in [-0.25, -0.2) is 4.68 Å². The Morgan fingerprint density at radius 2 is 1.94 bits per heavy atom. The van der Waals surface area contributed by atoms with Crippen LogP contribution >= 0.6 is 0 Å². The normalized spacial score (nSPS) is 30.7. The maximum absolute atomic E-state index is 5.73. The minimum absolute atomic E-state index is 0.295. The SMILES string of the molecule is C[C@@H]1CN(Cc2nnnn2C2CC2)C[C@H](C)O1. The molecule has 6 nitrogen and oxygen atoms in total. The van der Waals surface area contributed by atoms with Crippen LogP contribution in [0.2, 0.25) is 0 Å². The summed E-state index contributed by atoms with van der Waals surface area (Å²) in [5.41, 5.74) is 0. The van der Waals surface area contributed by atoms with E-state index in [2.05, 4.69) is 34.3 Å². The topological polar surface area (TPSA) is 56.1 Å². The van der Waals surface area contributed by atoms with Crippen LogP contribution in [0.5, 0.6) is 0 Å². The van der Waals surface area contributed by atoms with Gasteiger partial charge in [0.15, 0.2) is 5.82 Å². The molecule has 2 heterocycles. The number of hydrogen-bond donors (Lipinski definition) is 0. The number of nitrogens with zero attached hydrogens (tertiary/aromatic N) is 5. The number of morpholine rings is 1. The number of hydrogen-bond acceptors (Lipinski definition) is 5. The van der Waals surface area contributed by atoms with Crippen LogP contribution in [-0.2, 0) is 11.3 Å². The highest BCUT2D eigenvalue weighted by Gasteiger charge is 2.29. The largest absolute Gasteiger partial charge is 0.373 e. The first-order chi connectivity index (χ1) is 8.22. The minimum Gasteiger partial charge on any atom is -0.373 e. The third kappa shape index (κ3) is 2.47. The van der Waals surface area contributed by atoms with E-state index in [1.165, 1.54) is 12.8 Å². The Kier molecular flexibility index (Phi) is 2.84. The van der Waals surface area contributed by atoms with E-state index in [0.717, 1.165) is 25.5 Å². The molecule has 0 amide bonds. The van der Waals surface area contributed by atoms with Gasteiger partial charge >= 0.3 is 0 Å². The van der Waals surface area contributed by atoms with Gasteiger partial charge in [-0.1, -0.05) is 0 Å². The van der Waals surface area contributed by atoms with Crippen molar-refractivity contribution in [1.82, 2.24) is 25.1 Å². The van der Waals surface area contributed by atoms with Crippen molar-refractivity contribution in [2.75, 3.05) is 13.1 Å². The lowest BCUT2D eigenvalue weighted by molar-refractivity contribution is -0.0713. The molecule has 1 saturated heterocycles. The Morgan fingerprint density at radius 1 is 1.24 bits per heavy atom. The van der Waals surface area contributed by atoms with Gasteiger partial charge in [-0.2, -0.15) is 0 Å². The van der Waals surface area contributed by atoms with E-state index in [0.29, 0.717) is 18.2 Å². The Morgan fingerprint density at radius 3 is 2.59 bits per heavy atom. The van der Waals surface area contributed by atoms with Crippen LogP contribution in [0.1, 0.15) is 38.6 Å². The molecule has 0 spiro atoms. The summed E-state index contributed by atoms with van der Waals surface area (Å²) in [6.45, 7) is 6.99. The molecular formula is C11H19N5O. The molecular weight excluding hydrogens is 218 g/mol. The first-order valence-corrected chi connectivity index (χ1v) is 6.37. The summed E-state index contributed by atoms with van der Waals surface area (Å²) in [6, 6.07) is 0.552. The van der Waals surface area contributed by atoms with Gasteiger partial charge in [0.1, 0.15) is 0 Å². The van der Waals surface area contributed by atoms with Crippen LogP contribution in [-0.4, -0.2) is 50.4 Å². The predicted octanol–water partition coefficient (Wildman–Crippen LogP) is 0.617. The molecule has 0 aromatic carbocycles. The molecule has 2 fully saturated rings. The first kappa shape index (κ1) is 11.1. The Bertz CT molecular complexity index is 379. The number of tetrazole rings is 1. The number of aromatic nitrogens is 4. The zero-order chi connectivity index (χ0) is 11.8. The molecule has 1 aromatic rings. The molecule has 0 radical (unpaired) electrons. The van der Waals surface area contributed by atoms with E-state index in [9.17, 15) is 0 Å². The van der Waals surface area contributed by atoms with E-state index in [4.69, 9.17) is 4.74 Å². The van der Waals surface area contributed by atoms with E-state index >= 15 is 0 Å². The van der Waals surface area contributed by atoms with Gasteiger partial charge in [0.2, 0.25) is 0 Å². The molecule has 2 atom stereocenters. The average Bonchev–Trinajstić information content (AvgIpc) is 2.99. The van der Waals surface area contributed by atoms with Gasteiger partial charge in [0.05, 0.1) is 24.8 Å². The Hall–Kier alpha value is -1.01. The van der Waals surface area contributed by atoms with Crippen LogP contribution in [0, 0.1) is 0 Å². The number of ether oxygens (including phenoxy) is 1. The van der Waals surface area contributed by atoms with Gasteiger partial charge < -0.3 is 4.74 Å². The predicted molar refractivity (Wildman–Crippen MR) is 61.4 cm³/mol. The molecule has 0 unspecified atom stereocenters. The molecule has 1 aliphatic carbocycles. The lowest BCUT2D eigenvalue weighted by Crippen LogP contribution is -2.45. The summed E-state index contributed by atoms with van der Waals surface area (Å²) in [5, 5.41) is 12.0. The van der Waals surface area contributed by atoms with Gasteiger partial charge in [-0.15, -0.1) is 5.10 Å². The van der Waals surface area contributed by atoms with E-state index in [1.807, 2.05) is 4.68 Å². The zero-order valence-electron chi connectivity index (χ0n) is 10.4. The molecule has 1 aromatic heterocycles. The van der Waals surface area contributed by atoms with Crippen LogP contribution in [0.25, 0.3) is 0 Å². The molecule has 0 bridgehead atoms. The van der Waals surface area contributed by atoms with Crippen molar-refractivity contribution in [2.24, 2.45) is 0 Å². The zero-order valence-corrected chi connectivity index (χ0v) is 10.4. The molecule has 3 rings (SSSR count). The summed E-state index contributed by atoms with van der Waals surface area (Å²) in [5.74, 6) is 0.994. The fourth-order valence-electron chi connectivity index (χ4n) is 2.53. The minimum atomic E-state index is 0.295. The lowest BCUT2D eigenvalue weighted by atomic mass is 10.2. The van der Waals surface area contributed by atoms with E-state index in [-0.39, 0.29) is 0 Å². The second kappa shape index (κ2) is 4.34. The van der Waals surface area contributed by atoms with E-state index < -0.39 is 0 Å². The van der Waals surface area contributed by atoms with Crippen molar-refractivity contribution < 1.29 is 4.74 Å². The highest BCUT2D eigenvalue weighted by Crippen LogP contribution is 2.34. The van der Waals surface area contributed by atoms with Crippen LogP contribution in [0.15, 0.2) is 0 Å². The fraction of sp³-hybridized carbons (Fsp3) is 0.909. The van der Waals surface area contributed by atoms with Gasteiger partial charge in [0.25, 0.3) is 0 Å². The van der Waals surface area contributed by atoms with Gasteiger partial charge in [-0.05, 0) is 37.1 Å². The van der Waals surface area contributed by atoms with Crippen molar-refractivity contribution in [1.29, 1.82) is 0 Å². The number of rotatable bonds is 3. The van der Waals surface area contributed by atoms with Crippen LogP contribution in [0.3, 0.4) is 0 Å². The highest BCUT2D eigenvalue weighted by atomic mass is 16.5. The Balaban J connectivity index is 1.67. The standard InChI is InChI=1S/C11H19N5O/c1-8-5-15(6-9(2)17-8)7-11-12-13-14-16(11)10-3-4-10/h8-10H,3-7H2,1-2H3/t8-,9+. The average molecular weight is 237 g/mol. The molecule has 2 aliphatic rings. The molecule has 94 valence electrons. The quantitative estimate of drug-likeness (QED) is 0.771. The van der Waals surface area contributed by atoms with Crippen molar-refractivity contribution >= 4 is 0 Å². The van der Waals surface area contributed by atoms with Gasteiger partial charge in [-0.3, -0.25) is 4.90 Å². The van der Waals surface area contributed by atoms with Crippen molar-refractivity contribution in [3.8, 4) is 0 Å². The summed E-state index contributed by atoms with van der Waals surface area (Å²) in [6.07, 6.45) is 3.02. The smallest absolute Gasteiger partial charge is 0.165 e. The second-order valence-corrected chi connectivity index (χ2v) is 5.22. The van der Waals surface area contributed by atoms with Crippen molar-refractivity contribution in [3.63, 3.8) is 0 Å². The molecule has 1 saturated carbocycles. The van der Waals surface area contributed by atoms with E-state index in [1.54, 1.807) is 0 Å². The maximum Gasteiger partial charge on any atom is 0.165 e. The lowest BCUT2D eigenvalue weighted by Gasteiger charge is -2.34. The summed E-state index contributed by atoms with van der Waals surface area (Å²) < 4.78 is 7.72. The summed E-state index contributed by atoms with van der Waals surface area (Å²) in [4.78, 5) is 2.38. The third-order valence-corrected chi connectivity index (χ3v) is 3.31. The van der Waals surface area contributed by atoms with Crippen molar-refractivity contribution in [3.05, 3.63) is 5.82 Å². The first-order valence-electron chi connectivity index (χ1n) is 6.37. The fourth-order valence-corrected chi connectivity index (χ4v) is 2.53. The highest BCUT2D eigenvalue weighted by molar-refractivity contribution is 4.91. The second-order valence-electron chi connectivity index (χ2n) is 5.22. The van der Waals surface area contributed by atoms with Gasteiger partial charge in [0, 0.05) is 13.1 Å². The molecule has 6 heteroatoms. The monoisotopic (exact) mass is 237 g/mol. The maximum atomic E-state index is 5.73.